The van der Waals surface area contributed by atoms with Crippen molar-refractivity contribution in [3.05, 3.63) is 52.6 Å². The Hall–Kier alpha value is -2.14. The Labute approximate surface area is 121 Å². The number of nitrogens with one attached hydrogen (secondary N) is 1. The lowest BCUT2D eigenvalue weighted by Crippen LogP contribution is -2.07. The highest BCUT2D eigenvalue weighted by atomic mass is 35.5. The molecule has 0 fully saturated rings. The molecule has 6 heteroatoms. The summed E-state index contributed by atoms with van der Waals surface area (Å²) in [5, 5.41) is 8.31. The molecule has 3 rings (SSSR count). The zero-order valence-corrected chi connectivity index (χ0v) is 12.0. The predicted octanol–water partition coefficient (Wildman–Crippen LogP) is 3.01. The molecular weight excluding hydrogens is 274 g/mol. The van der Waals surface area contributed by atoms with Crippen LogP contribution >= 0.6 is 11.6 Å². The summed E-state index contributed by atoms with van der Waals surface area (Å²) in [5.74, 6) is 0.900. The van der Waals surface area contributed by atoms with E-state index in [0.717, 1.165) is 28.4 Å². The first-order valence-electron chi connectivity index (χ1n) is 6.30. The summed E-state index contributed by atoms with van der Waals surface area (Å²) in [6.45, 7) is 4.58. The third-order valence-electron chi connectivity index (χ3n) is 3.02. The van der Waals surface area contributed by atoms with Gasteiger partial charge in [0.15, 0.2) is 5.65 Å². The summed E-state index contributed by atoms with van der Waals surface area (Å²) >= 11 is 5.83. The van der Waals surface area contributed by atoms with Crippen molar-refractivity contribution < 1.29 is 0 Å². The van der Waals surface area contributed by atoms with Gasteiger partial charge in [0.25, 0.3) is 0 Å². The minimum Gasteiger partial charge on any atom is -0.364 e. The Morgan fingerprint density at radius 1 is 1.25 bits per heavy atom. The van der Waals surface area contributed by atoms with Crippen LogP contribution in [0.5, 0.6) is 0 Å². The van der Waals surface area contributed by atoms with Gasteiger partial charge in [0.2, 0.25) is 0 Å². The van der Waals surface area contributed by atoms with Gasteiger partial charge in [0.1, 0.15) is 5.82 Å². The fraction of sp³-hybridized carbons (Fsp3) is 0.214. The number of nitrogens with zero attached hydrogens (tertiary/aromatic N) is 4. The molecule has 102 valence electrons. The molecule has 0 unspecified atom stereocenters. The van der Waals surface area contributed by atoms with Crippen LogP contribution in [0.15, 0.2) is 30.6 Å². The first kappa shape index (κ1) is 12.9. The van der Waals surface area contributed by atoms with Crippen molar-refractivity contribution in [1.29, 1.82) is 0 Å². The fourth-order valence-electron chi connectivity index (χ4n) is 2.01. The van der Waals surface area contributed by atoms with Gasteiger partial charge >= 0.3 is 0 Å². The van der Waals surface area contributed by atoms with Crippen LogP contribution in [0.25, 0.3) is 5.65 Å². The summed E-state index contributed by atoms with van der Waals surface area (Å²) < 4.78 is 1.80. The van der Waals surface area contributed by atoms with Gasteiger partial charge in [-0.1, -0.05) is 11.6 Å². The molecular formula is C14H14ClN5. The Bertz CT molecular complexity index is 748. The Balaban J connectivity index is 1.89. The van der Waals surface area contributed by atoms with Crippen LogP contribution in [0.3, 0.4) is 0 Å². The monoisotopic (exact) mass is 287 g/mol. The number of aromatic nitrogens is 4. The third-order valence-corrected chi connectivity index (χ3v) is 3.24. The molecule has 1 N–H and O–H groups in total. The van der Waals surface area contributed by atoms with Crippen LogP contribution in [-0.2, 0) is 6.54 Å². The average molecular weight is 288 g/mol. The van der Waals surface area contributed by atoms with Crippen LogP contribution < -0.4 is 5.32 Å². The maximum absolute atomic E-state index is 5.83. The quantitative estimate of drug-likeness (QED) is 0.804. The van der Waals surface area contributed by atoms with Gasteiger partial charge in [-0.3, -0.25) is 4.98 Å². The van der Waals surface area contributed by atoms with Gasteiger partial charge < -0.3 is 5.32 Å². The number of rotatable bonds is 3. The number of halogens is 1. The van der Waals surface area contributed by atoms with Crippen LogP contribution in [-0.4, -0.2) is 19.6 Å². The van der Waals surface area contributed by atoms with E-state index in [1.54, 1.807) is 10.7 Å². The Kier molecular flexibility index (Phi) is 3.28. The largest absolute Gasteiger partial charge is 0.364 e. The Morgan fingerprint density at radius 3 is 2.85 bits per heavy atom. The molecule has 3 aromatic heterocycles. The van der Waals surface area contributed by atoms with Gasteiger partial charge in [-0.05, 0) is 26.0 Å². The molecule has 5 nitrogen and oxygen atoms in total. The number of anilines is 1. The van der Waals surface area contributed by atoms with Crippen molar-refractivity contribution in [2.24, 2.45) is 0 Å². The van der Waals surface area contributed by atoms with Crippen LogP contribution in [0.4, 0.5) is 5.82 Å². The number of hydrogen-bond donors (Lipinski definition) is 1. The predicted molar refractivity (Wildman–Crippen MR) is 79.0 cm³/mol. The summed E-state index contributed by atoms with van der Waals surface area (Å²) in [7, 11) is 0. The molecule has 0 radical (unpaired) electrons. The maximum Gasteiger partial charge on any atom is 0.160 e. The fourth-order valence-corrected chi connectivity index (χ4v) is 2.12. The highest BCUT2D eigenvalue weighted by molar-refractivity contribution is 6.30. The molecule has 0 spiro atoms. The molecule has 0 saturated carbocycles. The van der Waals surface area contributed by atoms with Crippen LogP contribution in [0.2, 0.25) is 5.02 Å². The molecule has 0 aromatic carbocycles. The molecule has 0 amide bonds. The second-order valence-corrected chi connectivity index (χ2v) is 5.10. The van der Waals surface area contributed by atoms with Crippen molar-refractivity contribution in [3.63, 3.8) is 0 Å². The van der Waals surface area contributed by atoms with E-state index in [2.05, 4.69) is 20.4 Å². The molecule has 3 aromatic rings. The normalized spacial score (nSPS) is 10.9. The maximum atomic E-state index is 5.83. The summed E-state index contributed by atoms with van der Waals surface area (Å²) in [6, 6.07) is 5.70. The highest BCUT2D eigenvalue weighted by Gasteiger charge is 2.07. The smallest absolute Gasteiger partial charge is 0.160 e. The first-order chi connectivity index (χ1) is 9.63. The van der Waals surface area contributed by atoms with E-state index < -0.39 is 0 Å². The molecule has 0 atom stereocenters. The third kappa shape index (κ3) is 2.44. The topological polar surface area (TPSA) is 55.1 Å². The molecule has 0 aliphatic heterocycles. The number of hydrogen-bond acceptors (Lipinski definition) is 4. The zero-order valence-electron chi connectivity index (χ0n) is 11.3. The molecule has 0 aliphatic rings. The SMILES string of the molecule is Cc1cc(NCc2ccc(Cl)cn2)n2ncc(C)c2n1. The number of aryl methyl sites for hydroxylation is 2. The Morgan fingerprint density at radius 2 is 2.10 bits per heavy atom. The van der Waals surface area contributed by atoms with Crippen molar-refractivity contribution in [3.8, 4) is 0 Å². The lowest BCUT2D eigenvalue weighted by molar-refractivity contribution is 0.909. The minimum atomic E-state index is 0.606. The molecule has 0 saturated heterocycles. The van der Waals surface area contributed by atoms with Crippen molar-refractivity contribution in [2.75, 3.05) is 5.32 Å². The average Bonchev–Trinajstić information content (AvgIpc) is 2.80. The van der Waals surface area contributed by atoms with E-state index in [9.17, 15) is 0 Å². The van der Waals surface area contributed by atoms with Crippen molar-refractivity contribution >= 4 is 23.1 Å². The zero-order chi connectivity index (χ0) is 14.1. The van der Waals surface area contributed by atoms with Crippen LogP contribution in [0, 0.1) is 13.8 Å². The highest BCUT2D eigenvalue weighted by Crippen LogP contribution is 2.16. The minimum absolute atomic E-state index is 0.606. The van der Waals surface area contributed by atoms with Crippen molar-refractivity contribution in [2.45, 2.75) is 20.4 Å². The van der Waals surface area contributed by atoms with Gasteiger partial charge in [-0.25, -0.2) is 4.98 Å². The first-order valence-corrected chi connectivity index (χ1v) is 6.67. The lowest BCUT2D eigenvalue weighted by Gasteiger charge is -2.09. The molecule has 20 heavy (non-hydrogen) atoms. The van der Waals surface area contributed by atoms with Crippen LogP contribution in [0.1, 0.15) is 17.0 Å². The van der Waals surface area contributed by atoms with E-state index in [0.29, 0.717) is 11.6 Å². The summed E-state index contributed by atoms with van der Waals surface area (Å²) in [6.07, 6.45) is 3.46. The second kappa shape index (κ2) is 5.09. The van der Waals surface area contributed by atoms with Crippen molar-refractivity contribution in [1.82, 2.24) is 19.6 Å². The van der Waals surface area contributed by atoms with E-state index >= 15 is 0 Å². The van der Waals surface area contributed by atoms with Gasteiger partial charge in [-0.15, -0.1) is 0 Å². The lowest BCUT2D eigenvalue weighted by atomic mass is 10.3. The van der Waals surface area contributed by atoms with E-state index in [1.807, 2.05) is 38.2 Å². The van der Waals surface area contributed by atoms with Gasteiger partial charge in [0.05, 0.1) is 23.5 Å². The van der Waals surface area contributed by atoms with E-state index in [1.165, 1.54) is 0 Å². The summed E-state index contributed by atoms with van der Waals surface area (Å²) in [4.78, 5) is 8.75. The molecule has 3 heterocycles. The number of fused-ring (bicyclic) bond motifs is 1. The van der Waals surface area contributed by atoms with Gasteiger partial charge in [-0.2, -0.15) is 9.61 Å². The standard InChI is InChI=1S/C14H14ClN5/c1-9-6-18-20-13(5-10(2)19-14(9)20)17-8-12-4-3-11(15)7-16-12/h3-7,17H,8H2,1-2H3. The van der Waals surface area contributed by atoms with E-state index in [4.69, 9.17) is 11.6 Å². The molecule has 0 aliphatic carbocycles. The number of pyridine rings is 1. The van der Waals surface area contributed by atoms with E-state index in [-0.39, 0.29) is 0 Å². The summed E-state index contributed by atoms with van der Waals surface area (Å²) in [5.41, 5.74) is 3.80. The van der Waals surface area contributed by atoms with Gasteiger partial charge in [0, 0.05) is 23.5 Å². The molecule has 0 bridgehead atoms. The second-order valence-electron chi connectivity index (χ2n) is 4.67.